The second-order valence-electron chi connectivity index (χ2n) is 18.9. The van der Waals surface area contributed by atoms with E-state index in [1.807, 2.05) is 30.3 Å². The van der Waals surface area contributed by atoms with Crippen LogP contribution >= 0.6 is 0 Å². The second-order valence-corrected chi connectivity index (χ2v) is 24.5. The van der Waals surface area contributed by atoms with E-state index in [0.29, 0.717) is 70.8 Å². The average Bonchev–Trinajstić information content (AvgIpc) is 3.67. The zero-order chi connectivity index (χ0) is 42.2. The molecule has 2 aromatic carbocycles. The Morgan fingerprint density at radius 1 is 1.07 bits per heavy atom. The van der Waals surface area contributed by atoms with Crippen molar-refractivity contribution < 1.29 is 28.5 Å². The second kappa shape index (κ2) is 15.3. The molecule has 0 radical (unpaired) electrons. The van der Waals surface area contributed by atoms with E-state index in [-0.39, 0.29) is 41.6 Å². The molecule has 60 heavy (non-hydrogen) atoms. The number of halogens is 1. The Bertz CT molecular complexity index is 2410. The Morgan fingerprint density at radius 3 is 2.48 bits per heavy atom. The zero-order valence-electron chi connectivity index (χ0n) is 35.9. The van der Waals surface area contributed by atoms with E-state index < -0.39 is 20.0 Å². The van der Waals surface area contributed by atoms with E-state index in [2.05, 4.69) is 69.4 Å². The molecule has 11 nitrogen and oxygen atoms in total. The summed E-state index contributed by atoms with van der Waals surface area (Å²) in [6.07, 6.45) is 5.37. The Labute approximate surface area is 353 Å². The largest absolute Gasteiger partial charge is 0.468 e. The lowest BCUT2D eigenvalue weighted by Crippen LogP contribution is -2.55. The summed E-state index contributed by atoms with van der Waals surface area (Å²) >= 11 is 0. The highest BCUT2D eigenvalue weighted by Gasteiger charge is 2.62. The van der Waals surface area contributed by atoms with Gasteiger partial charge in [0, 0.05) is 55.5 Å². The average molecular weight is 833 g/mol. The van der Waals surface area contributed by atoms with Crippen LogP contribution in [0.5, 0.6) is 11.8 Å². The van der Waals surface area contributed by atoms with Crippen LogP contribution in [0.3, 0.4) is 0 Å². The highest BCUT2D eigenvalue weighted by molar-refractivity contribution is 6.90. The maximum absolute atomic E-state index is 17.8. The number of piperazine rings is 1. The summed E-state index contributed by atoms with van der Waals surface area (Å²) in [5, 5.41) is 12.1. The first-order chi connectivity index (χ1) is 28.7. The number of carboxylic acid groups (broad SMARTS) is 1. The van der Waals surface area contributed by atoms with Crippen molar-refractivity contribution in [1.29, 1.82) is 0 Å². The summed E-state index contributed by atoms with van der Waals surface area (Å²) in [5.41, 5.74) is 7.78. The Kier molecular flexibility index (Phi) is 10.4. The molecule has 1 unspecified atom stereocenters. The SMILES string of the molecule is C=C1CN2[C@@H]3C[C@@H]3CC2(COc2nc(N3C[C@H]4CC[C@@H](C3)N4C(=O)O)c3cnc(-c4cc(OCOC)cc5cccc(C#C[Si](C(C)C)(C(C)C)C(C)C)c45)c(F)c3n2)C1. The third kappa shape index (κ3) is 6.70. The number of aromatic nitrogens is 3. The molecule has 9 rings (SSSR count). The van der Waals surface area contributed by atoms with Crippen LogP contribution in [-0.4, -0.2) is 108 Å². The molecule has 1 aliphatic carbocycles. The molecular weight excluding hydrogens is 776 g/mol. The molecule has 4 aliphatic heterocycles. The van der Waals surface area contributed by atoms with Crippen LogP contribution in [0.2, 0.25) is 16.6 Å². The number of carbonyl (C=O) groups is 1. The van der Waals surface area contributed by atoms with Gasteiger partial charge in [-0.1, -0.05) is 71.7 Å². The van der Waals surface area contributed by atoms with Crippen LogP contribution in [0.1, 0.15) is 79.2 Å². The van der Waals surface area contributed by atoms with Crippen LogP contribution in [-0.2, 0) is 4.74 Å². The minimum absolute atomic E-state index is 0.0194. The molecule has 1 amide bonds. The number of anilines is 1. The van der Waals surface area contributed by atoms with Gasteiger partial charge in [-0.15, -0.1) is 5.54 Å². The van der Waals surface area contributed by atoms with E-state index in [1.54, 1.807) is 18.2 Å². The number of nitrogens with zero attached hydrogens (tertiary/aromatic N) is 6. The van der Waals surface area contributed by atoms with Crippen molar-refractivity contribution in [3.8, 4) is 34.5 Å². The Morgan fingerprint density at radius 2 is 1.80 bits per heavy atom. The predicted octanol–water partition coefficient (Wildman–Crippen LogP) is 9.04. The van der Waals surface area contributed by atoms with Crippen molar-refractivity contribution in [2.45, 2.75) is 114 Å². The van der Waals surface area contributed by atoms with Crippen LogP contribution in [0, 0.1) is 23.2 Å². The molecule has 1 saturated carbocycles. The molecule has 1 N–H and O–H groups in total. The molecule has 5 atom stereocenters. The summed E-state index contributed by atoms with van der Waals surface area (Å²) in [4.78, 5) is 33.1. The first-order valence-electron chi connectivity index (χ1n) is 21.6. The van der Waals surface area contributed by atoms with Crippen molar-refractivity contribution in [3.63, 3.8) is 0 Å². The van der Waals surface area contributed by atoms with Crippen LogP contribution in [0.4, 0.5) is 15.0 Å². The maximum atomic E-state index is 17.8. The van der Waals surface area contributed by atoms with E-state index >= 15 is 4.39 Å². The fraction of sp³-hybridized carbons (Fsp3) is 0.532. The first kappa shape index (κ1) is 40.6. The monoisotopic (exact) mass is 832 g/mol. The Balaban J connectivity index is 1.19. The van der Waals surface area contributed by atoms with Gasteiger partial charge >= 0.3 is 12.1 Å². The number of benzene rings is 2. The third-order valence-corrected chi connectivity index (χ3v) is 20.7. The third-order valence-electron chi connectivity index (χ3n) is 14.5. The van der Waals surface area contributed by atoms with Gasteiger partial charge in [0.1, 0.15) is 37.5 Å². The normalized spacial score (nSPS) is 24.8. The lowest BCUT2D eigenvalue weighted by molar-refractivity contribution is 0.0512. The van der Waals surface area contributed by atoms with Crippen molar-refractivity contribution in [3.05, 3.63) is 60.1 Å². The standard InChI is InChI=1S/C47H57FN6O5Si/c1-27(2)60(28(3)4,29(5)6)15-14-31-10-9-11-32-16-36(59-26-57-8)18-37(40(31)32)42-41(48)43-38(21-49-42)44(52-23-34-12-13-35(24-52)54(34)46(55)56)51-45(50-43)58-25-47-19-30(7)22-53(47)39-17-33(39)20-47/h9-11,16,18,21,27-29,33-35,39H,7,12-13,17,19-20,22-26H2,1-6,8H3,(H,55,56)/t33-,34-,35+,39-,47?/m1/s1. The number of ether oxygens (including phenoxy) is 3. The molecule has 0 spiro atoms. The molecule has 13 heteroatoms. The number of piperidine rings is 1. The number of methoxy groups -OCH3 is 1. The molecule has 2 aromatic heterocycles. The van der Waals surface area contributed by atoms with Crippen LogP contribution in [0.25, 0.3) is 32.9 Å². The van der Waals surface area contributed by atoms with Crippen LogP contribution < -0.4 is 14.4 Å². The number of hydrogen-bond donors (Lipinski definition) is 1. The summed E-state index contributed by atoms with van der Waals surface area (Å²) in [7, 11) is -0.555. The summed E-state index contributed by atoms with van der Waals surface area (Å²) < 4.78 is 35.6. The molecule has 316 valence electrons. The van der Waals surface area contributed by atoms with Crippen molar-refractivity contribution in [1.82, 2.24) is 24.8 Å². The zero-order valence-corrected chi connectivity index (χ0v) is 36.9. The van der Waals surface area contributed by atoms with Crippen molar-refractivity contribution in [2.24, 2.45) is 5.92 Å². The van der Waals surface area contributed by atoms with Crippen molar-refractivity contribution in [2.75, 3.05) is 45.0 Å². The first-order valence-corrected chi connectivity index (χ1v) is 23.9. The predicted molar refractivity (Wildman–Crippen MR) is 235 cm³/mol. The quantitative estimate of drug-likeness (QED) is 0.0680. The number of rotatable bonds is 11. The van der Waals surface area contributed by atoms with Gasteiger partial charge in [-0.3, -0.25) is 14.8 Å². The summed E-state index contributed by atoms with van der Waals surface area (Å²) in [5.74, 6) is 4.73. The van der Waals surface area contributed by atoms with E-state index in [0.717, 1.165) is 48.6 Å². The minimum Gasteiger partial charge on any atom is -0.468 e. The van der Waals surface area contributed by atoms with E-state index in [1.165, 1.54) is 12.0 Å². The molecular formula is C47H57FN6O5Si. The van der Waals surface area contributed by atoms with E-state index in [9.17, 15) is 9.90 Å². The van der Waals surface area contributed by atoms with Gasteiger partial charge in [-0.25, -0.2) is 9.18 Å². The molecule has 5 aliphatic rings. The highest BCUT2D eigenvalue weighted by atomic mass is 28.3. The molecule has 6 heterocycles. The van der Waals surface area contributed by atoms with Crippen molar-refractivity contribution >= 4 is 41.7 Å². The molecule has 5 fully saturated rings. The fourth-order valence-electron chi connectivity index (χ4n) is 11.8. The van der Waals surface area contributed by atoms with Gasteiger partial charge < -0.3 is 24.2 Å². The van der Waals surface area contributed by atoms with E-state index in [4.69, 9.17) is 29.2 Å². The van der Waals surface area contributed by atoms with Gasteiger partial charge in [0.25, 0.3) is 0 Å². The van der Waals surface area contributed by atoms with Crippen LogP contribution in [0.15, 0.2) is 48.7 Å². The van der Waals surface area contributed by atoms with Gasteiger partial charge in [-0.2, -0.15) is 9.97 Å². The number of hydrogen-bond acceptors (Lipinski definition) is 9. The topological polar surface area (TPSA) is 113 Å². The Hall–Kier alpha value is -4.77. The smallest absolute Gasteiger partial charge is 0.407 e. The summed E-state index contributed by atoms with van der Waals surface area (Å²) in [6.45, 7) is 20.2. The number of amides is 1. The minimum atomic E-state index is -2.12. The lowest BCUT2D eigenvalue weighted by Gasteiger charge is -2.40. The van der Waals surface area contributed by atoms with Gasteiger partial charge in [0.15, 0.2) is 12.6 Å². The fourth-order valence-corrected chi connectivity index (χ4v) is 17.0. The van der Waals surface area contributed by atoms with Gasteiger partial charge in [0.2, 0.25) is 0 Å². The summed E-state index contributed by atoms with van der Waals surface area (Å²) in [6, 6.07) is 10.0. The molecule has 2 bridgehead atoms. The lowest BCUT2D eigenvalue weighted by atomic mass is 9.92. The number of pyridine rings is 1. The van der Waals surface area contributed by atoms with Gasteiger partial charge in [-0.05, 0) is 78.2 Å². The van der Waals surface area contributed by atoms with Gasteiger partial charge in [0.05, 0.1) is 23.0 Å². The highest BCUT2D eigenvalue weighted by Crippen LogP contribution is 2.57. The maximum Gasteiger partial charge on any atom is 0.407 e. The molecule has 4 saturated heterocycles. The number of fused-ring (bicyclic) bond motifs is 7. The molecule has 4 aromatic rings.